The Hall–Kier alpha value is -8.83. The van der Waals surface area contributed by atoms with Crippen molar-refractivity contribution in [3.63, 3.8) is 0 Å². The fourth-order valence-electron chi connectivity index (χ4n) is 11.2. The molecule has 5 amide bonds. The number of rotatable bonds is 20. The third-order valence-electron chi connectivity index (χ3n) is 15.7. The molecule has 3 aliphatic rings. The summed E-state index contributed by atoms with van der Waals surface area (Å²) in [4.78, 5) is 91.9. The number of nitrogens with one attached hydrogen (secondary N) is 3. The molecule has 7 aromatic rings. The molecule has 0 aliphatic carbocycles. The van der Waals surface area contributed by atoms with Crippen molar-refractivity contribution < 1.29 is 37.9 Å². The molecule has 7 heterocycles. The van der Waals surface area contributed by atoms with Crippen LogP contribution in [-0.4, -0.2) is 143 Å². The van der Waals surface area contributed by atoms with E-state index in [1.54, 1.807) is 46.0 Å². The highest BCUT2D eigenvalue weighted by atomic mass is 19.1. The molecule has 3 saturated heterocycles. The number of nitrogens with zero attached hydrogens (tertiary/aromatic N) is 12. The van der Waals surface area contributed by atoms with Crippen molar-refractivity contribution in [2.45, 2.75) is 102 Å². The summed E-state index contributed by atoms with van der Waals surface area (Å²) in [6, 6.07) is 16.8. The third kappa shape index (κ3) is 13.1. The van der Waals surface area contributed by atoms with E-state index in [9.17, 15) is 28.8 Å². The molecule has 0 atom stereocenters. The maximum Gasteiger partial charge on any atom is 0.327 e. The summed E-state index contributed by atoms with van der Waals surface area (Å²) in [5.41, 5.74) is 11.2. The Kier molecular flexibility index (Phi) is 17.2. The number of fused-ring (bicyclic) bond motifs is 2. The number of carbonyl (C=O) groups is 6. The van der Waals surface area contributed by atoms with Gasteiger partial charge in [-0.05, 0) is 98.7 Å². The molecule has 81 heavy (non-hydrogen) atoms. The summed E-state index contributed by atoms with van der Waals surface area (Å²) in [7, 11) is 3.08. The molecule has 0 saturated carbocycles. The predicted octanol–water partition coefficient (Wildman–Crippen LogP) is 5.22. The van der Waals surface area contributed by atoms with E-state index in [0.29, 0.717) is 109 Å². The maximum atomic E-state index is 16.0. The quantitative estimate of drug-likeness (QED) is 0.0563. The normalized spacial score (nSPS) is 15.3. The average molecular weight is 1110 g/mol. The lowest BCUT2D eigenvalue weighted by Crippen LogP contribution is -2.39. The molecule has 5 N–H and O–H groups in total. The number of hydrogen-bond acceptors (Lipinski definition) is 15. The van der Waals surface area contributed by atoms with Crippen molar-refractivity contribution in [3.8, 4) is 11.1 Å². The third-order valence-corrected chi connectivity index (χ3v) is 15.7. The van der Waals surface area contributed by atoms with Crippen LogP contribution >= 0.6 is 0 Å². The molecule has 4 aromatic heterocycles. The van der Waals surface area contributed by atoms with Crippen molar-refractivity contribution >= 4 is 74.6 Å². The topological polar surface area (TPSA) is 276 Å². The van der Waals surface area contributed by atoms with Gasteiger partial charge in [0.1, 0.15) is 30.4 Å². The Morgan fingerprint density at radius 2 is 1.51 bits per heavy atom. The molecule has 3 fully saturated rings. The van der Waals surface area contributed by atoms with E-state index in [1.165, 1.54) is 29.8 Å². The second-order valence-corrected chi connectivity index (χ2v) is 21.0. The van der Waals surface area contributed by atoms with Gasteiger partial charge >= 0.3 is 5.97 Å². The van der Waals surface area contributed by atoms with Crippen LogP contribution in [0.25, 0.3) is 32.9 Å². The van der Waals surface area contributed by atoms with Gasteiger partial charge in [0.25, 0.3) is 5.91 Å². The fraction of sp³-hybridized carbons (Fsp3) is 0.439. The number of methoxy groups -OCH3 is 1. The zero-order valence-electron chi connectivity index (χ0n) is 45.6. The smallest absolute Gasteiger partial charge is 0.327 e. The highest BCUT2D eigenvalue weighted by molar-refractivity contribution is 6.00. The van der Waals surface area contributed by atoms with E-state index >= 15 is 4.39 Å². The van der Waals surface area contributed by atoms with Crippen molar-refractivity contribution in [2.75, 3.05) is 63.1 Å². The van der Waals surface area contributed by atoms with Crippen LogP contribution in [0.15, 0.2) is 73.2 Å². The number of ether oxygens (including phenoxy) is 1. The summed E-state index contributed by atoms with van der Waals surface area (Å²) in [5.74, 6) is -1.07. The Bertz CT molecular complexity index is 3450. The van der Waals surface area contributed by atoms with Gasteiger partial charge in [0.15, 0.2) is 11.5 Å². The number of carbonyl (C=O) groups excluding carboxylic acids is 6. The highest BCUT2D eigenvalue weighted by Crippen LogP contribution is 2.40. The Morgan fingerprint density at radius 3 is 2.23 bits per heavy atom. The van der Waals surface area contributed by atoms with Gasteiger partial charge in [0.2, 0.25) is 23.6 Å². The highest BCUT2D eigenvalue weighted by Gasteiger charge is 2.31. The summed E-state index contributed by atoms with van der Waals surface area (Å²) < 4.78 is 25.4. The minimum absolute atomic E-state index is 0.0185. The number of likely N-dealkylation sites (tertiary alicyclic amines) is 2. The lowest BCUT2D eigenvalue weighted by Gasteiger charge is -2.32. The number of anilines is 3. The number of amides is 5. The number of esters is 1. The van der Waals surface area contributed by atoms with Crippen LogP contribution in [0.5, 0.6) is 0 Å². The van der Waals surface area contributed by atoms with Gasteiger partial charge in [0.05, 0.1) is 49.0 Å². The molecule has 0 radical (unpaired) electrons. The molecule has 23 nitrogen and oxygen atoms in total. The van der Waals surface area contributed by atoms with Crippen LogP contribution in [0.2, 0.25) is 0 Å². The standard InChI is InChI=1S/C57H67FN16O7/c1-69-46-29-43(44(58)28-39(46)30-63-69)42-8-6-9-45-53(42)54(67-74(45)34-49(76)61-31-41-33-73(68-66-41)35-52(79)81-2)38-19-26-72(27-20-38)51(78)16-15-48(75)60-21-7-10-50(77)71-24-17-37(18-25-71)36-11-13-40(14-12-36)64-57-55(56(59)80)62-32-47(65-57)70-22-4-3-5-23-70/h6,8-9,11-14,28-30,32-33,37-38H,3-5,7,10,15-27,31,34-35H2,1-2H3,(H2,59,80)(H,60,75)(H,61,76)(H,64,65). The van der Waals surface area contributed by atoms with Crippen molar-refractivity contribution in [1.29, 1.82) is 0 Å². The van der Waals surface area contributed by atoms with Crippen LogP contribution in [0, 0.1) is 5.82 Å². The first-order valence-electron chi connectivity index (χ1n) is 27.7. The number of aryl methyl sites for hydroxylation is 1. The maximum absolute atomic E-state index is 16.0. The number of hydrogen-bond donors (Lipinski definition) is 4. The monoisotopic (exact) mass is 1110 g/mol. The second-order valence-electron chi connectivity index (χ2n) is 21.0. The molecule has 0 spiro atoms. The van der Waals surface area contributed by atoms with Gasteiger partial charge in [-0.25, -0.2) is 19.0 Å². The number of primary amides is 1. The number of aromatic nitrogens is 9. The van der Waals surface area contributed by atoms with Gasteiger partial charge in [-0.1, -0.05) is 29.5 Å². The predicted molar refractivity (Wildman–Crippen MR) is 298 cm³/mol. The van der Waals surface area contributed by atoms with Gasteiger partial charge in [0, 0.05) is 100 Å². The Morgan fingerprint density at radius 1 is 0.778 bits per heavy atom. The Labute approximate surface area is 466 Å². The second kappa shape index (κ2) is 25.1. The SMILES string of the molecule is COC(=O)Cn1cc(CNC(=O)Cn2nc(C3CCN(C(=O)CCC(=O)NCCCC(=O)N4CCC(c5ccc(Nc6nc(N7CCCCC7)cnc6C(N)=O)cc5)CC4)CC3)c3c(-c4cc5c(cnn5C)cc4F)cccc32)nn1. The molecule has 24 heteroatoms. The summed E-state index contributed by atoms with van der Waals surface area (Å²) in [5, 5.41) is 27.6. The molecule has 0 unspecified atom stereocenters. The lowest BCUT2D eigenvalue weighted by atomic mass is 9.88. The molecular formula is C57H67FN16O7. The molecule has 0 bridgehead atoms. The van der Waals surface area contributed by atoms with Crippen LogP contribution in [0.1, 0.15) is 110 Å². The molecule has 424 valence electrons. The summed E-state index contributed by atoms with van der Waals surface area (Å²) in [6.45, 7) is 4.00. The molecule has 3 aliphatic heterocycles. The first-order chi connectivity index (χ1) is 39.3. The van der Waals surface area contributed by atoms with Crippen molar-refractivity contribution in [2.24, 2.45) is 12.8 Å². The largest absolute Gasteiger partial charge is 0.468 e. The first-order valence-corrected chi connectivity index (χ1v) is 27.7. The first kappa shape index (κ1) is 55.5. The van der Waals surface area contributed by atoms with Gasteiger partial charge in [-0.2, -0.15) is 10.2 Å². The van der Waals surface area contributed by atoms with Crippen LogP contribution in [-0.2, 0) is 55.4 Å². The summed E-state index contributed by atoms with van der Waals surface area (Å²) in [6.07, 6.45) is 11.7. The van der Waals surface area contributed by atoms with Crippen LogP contribution in [0.4, 0.5) is 21.7 Å². The van der Waals surface area contributed by atoms with E-state index in [-0.39, 0.29) is 73.6 Å². The minimum atomic E-state index is -0.652. The van der Waals surface area contributed by atoms with E-state index in [4.69, 9.17) is 15.8 Å². The average Bonchev–Trinajstić information content (AvgIpc) is 4.28. The molecule has 3 aromatic carbocycles. The van der Waals surface area contributed by atoms with Crippen molar-refractivity contribution in [1.82, 2.24) is 65.0 Å². The van der Waals surface area contributed by atoms with E-state index in [1.807, 2.05) is 35.2 Å². The van der Waals surface area contributed by atoms with E-state index < -0.39 is 17.7 Å². The van der Waals surface area contributed by atoms with Gasteiger partial charge in [-0.15, -0.1) is 5.10 Å². The summed E-state index contributed by atoms with van der Waals surface area (Å²) >= 11 is 0. The fourth-order valence-corrected chi connectivity index (χ4v) is 11.2. The number of halogens is 1. The zero-order valence-corrected chi connectivity index (χ0v) is 45.6. The van der Waals surface area contributed by atoms with Crippen LogP contribution < -0.4 is 26.6 Å². The number of piperidine rings is 3. The van der Waals surface area contributed by atoms with E-state index in [2.05, 4.69) is 58.1 Å². The minimum Gasteiger partial charge on any atom is -0.468 e. The molecule has 10 rings (SSSR count). The van der Waals surface area contributed by atoms with E-state index in [0.717, 1.165) is 50.0 Å². The van der Waals surface area contributed by atoms with Gasteiger partial charge < -0.3 is 41.1 Å². The number of benzene rings is 3. The van der Waals surface area contributed by atoms with Crippen LogP contribution in [0.3, 0.4) is 0 Å². The number of nitrogens with two attached hydrogens (primary N) is 1. The van der Waals surface area contributed by atoms with Gasteiger partial charge in [-0.3, -0.25) is 38.1 Å². The molecular weight excluding hydrogens is 1040 g/mol. The van der Waals surface area contributed by atoms with Crippen molar-refractivity contribution in [3.05, 3.63) is 102 Å². The lowest BCUT2D eigenvalue weighted by molar-refractivity contribution is -0.141. The zero-order chi connectivity index (χ0) is 56.6. The Balaban J connectivity index is 0.678.